The standard InChI is InChI=1S/C11H12ClN.ClH/c12-9-1-2-10-7-3-8(6-13-5-7)11(10)4-9;/h1-2,4,7-8,13H,3,5-6H2;1H. The molecule has 0 amide bonds. The zero-order valence-corrected chi connectivity index (χ0v) is 9.37. The SMILES string of the molecule is Cl.Clc1ccc2c(c1)C1CNCC2C1. The van der Waals surface area contributed by atoms with E-state index in [-0.39, 0.29) is 12.4 Å². The molecule has 1 heterocycles. The lowest BCUT2D eigenvalue weighted by Gasteiger charge is -2.19. The number of nitrogens with one attached hydrogen (secondary N) is 1. The van der Waals surface area contributed by atoms with Gasteiger partial charge in [0.25, 0.3) is 0 Å². The topological polar surface area (TPSA) is 12.0 Å². The Morgan fingerprint density at radius 3 is 2.64 bits per heavy atom. The number of hydrogen-bond donors (Lipinski definition) is 1. The zero-order chi connectivity index (χ0) is 8.84. The first kappa shape index (κ1) is 10.3. The first-order chi connectivity index (χ1) is 6.34. The minimum absolute atomic E-state index is 0. The number of halogens is 2. The van der Waals surface area contributed by atoms with Crippen LogP contribution in [0.25, 0.3) is 0 Å². The Hall–Kier alpha value is -0.240. The Morgan fingerprint density at radius 2 is 1.86 bits per heavy atom. The molecule has 1 aliphatic heterocycles. The van der Waals surface area contributed by atoms with Gasteiger partial charge in [0, 0.05) is 18.1 Å². The summed E-state index contributed by atoms with van der Waals surface area (Å²) in [5.41, 5.74) is 3.02. The van der Waals surface area contributed by atoms with Gasteiger partial charge in [0.05, 0.1) is 0 Å². The Balaban J connectivity index is 0.000000750. The molecule has 14 heavy (non-hydrogen) atoms. The molecular weight excluding hydrogens is 217 g/mol. The van der Waals surface area contributed by atoms with Crippen LogP contribution in [0.2, 0.25) is 5.02 Å². The number of fused-ring (bicyclic) bond motifs is 5. The van der Waals surface area contributed by atoms with Gasteiger partial charge < -0.3 is 5.32 Å². The van der Waals surface area contributed by atoms with E-state index in [4.69, 9.17) is 11.6 Å². The van der Waals surface area contributed by atoms with Gasteiger partial charge >= 0.3 is 0 Å². The fourth-order valence-electron chi connectivity index (χ4n) is 2.69. The van der Waals surface area contributed by atoms with Crippen molar-refractivity contribution < 1.29 is 0 Å². The Morgan fingerprint density at radius 1 is 1.14 bits per heavy atom. The normalized spacial score (nSPS) is 28.1. The lowest BCUT2D eigenvalue weighted by atomic mass is 9.98. The summed E-state index contributed by atoms with van der Waals surface area (Å²) in [6.45, 7) is 2.27. The molecule has 2 unspecified atom stereocenters. The summed E-state index contributed by atoms with van der Waals surface area (Å²) < 4.78 is 0. The third-order valence-electron chi connectivity index (χ3n) is 3.28. The number of rotatable bonds is 0. The van der Waals surface area contributed by atoms with Gasteiger partial charge in [0.2, 0.25) is 0 Å². The average Bonchev–Trinajstić information content (AvgIpc) is 2.39. The van der Waals surface area contributed by atoms with Gasteiger partial charge in [-0.3, -0.25) is 0 Å². The first-order valence-electron chi connectivity index (χ1n) is 4.84. The van der Waals surface area contributed by atoms with Gasteiger partial charge in [0.1, 0.15) is 0 Å². The van der Waals surface area contributed by atoms with Crippen LogP contribution in [0, 0.1) is 0 Å². The predicted octanol–water partition coefficient (Wildman–Crippen LogP) is 2.94. The Kier molecular flexibility index (Phi) is 2.74. The quantitative estimate of drug-likeness (QED) is 0.722. The lowest BCUT2D eigenvalue weighted by Crippen LogP contribution is -2.28. The summed E-state index contributed by atoms with van der Waals surface area (Å²) in [5, 5.41) is 4.35. The van der Waals surface area contributed by atoms with Gasteiger partial charge in [-0.05, 0) is 41.5 Å². The van der Waals surface area contributed by atoms with Crippen molar-refractivity contribution in [3.05, 3.63) is 34.3 Å². The van der Waals surface area contributed by atoms with Crippen LogP contribution < -0.4 is 5.32 Å². The lowest BCUT2D eigenvalue weighted by molar-refractivity contribution is 0.454. The minimum atomic E-state index is 0. The molecule has 3 rings (SSSR count). The van der Waals surface area contributed by atoms with Gasteiger partial charge in [-0.1, -0.05) is 17.7 Å². The second-order valence-electron chi connectivity index (χ2n) is 4.06. The molecule has 2 bridgehead atoms. The van der Waals surface area contributed by atoms with Crippen molar-refractivity contribution in [2.45, 2.75) is 18.3 Å². The van der Waals surface area contributed by atoms with Crippen molar-refractivity contribution in [2.24, 2.45) is 0 Å². The Labute approximate surface area is 95.3 Å². The molecule has 0 spiro atoms. The molecule has 3 heteroatoms. The van der Waals surface area contributed by atoms with E-state index in [2.05, 4.69) is 17.4 Å². The maximum Gasteiger partial charge on any atom is 0.0409 e. The molecular formula is C11H13Cl2N. The highest BCUT2D eigenvalue weighted by Crippen LogP contribution is 2.44. The van der Waals surface area contributed by atoms with Crippen LogP contribution in [-0.2, 0) is 0 Å². The molecule has 0 saturated carbocycles. The number of piperidine rings is 1. The van der Waals surface area contributed by atoms with E-state index in [0.29, 0.717) is 5.92 Å². The van der Waals surface area contributed by atoms with Gasteiger partial charge in [-0.25, -0.2) is 0 Å². The molecule has 0 aromatic heterocycles. The first-order valence-corrected chi connectivity index (χ1v) is 5.22. The van der Waals surface area contributed by atoms with Crippen molar-refractivity contribution in [1.82, 2.24) is 5.32 Å². The fraction of sp³-hybridized carbons (Fsp3) is 0.455. The molecule has 76 valence electrons. The number of hydrogen-bond acceptors (Lipinski definition) is 1. The van der Waals surface area contributed by atoms with E-state index >= 15 is 0 Å². The van der Waals surface area contributed by atoms with E-state index in [1.54, 1.807) is 0 Å². The molecule has 1 aliphatic carbocycles. The second-order valence-corrected chi connectivity index (χ2v) is 4.50. The summed E-state index contributed by atoms with van der Waals surface area (Å²) in [5.74, 6) is 1.46. The van der Waals surface area contributed by atoms with Crippen molar-refractivity contribution in [1.29, 1.82) is 0 Å². The fourth-order valence-corrected chi connectivity index (χ4v) is 2.87. The molecule has 1 N–H and O–H groups in total. The zero-order valence-electron chi connectivity index (χ0n) is 7.79. The maximum atomic E-state index is 5.99. The van der Waals surface area contributed by atoms with Crippen LogP contribution in [0.15, 0.2) is 18.2 Å². The molecule has 1 fully saturated rings. The Bertz CT molecular complexity index is 351. The van der Waals surface area contributed by atoms with Crippen molar-refractivity contribution in [3.8, 4) is 0 Å². The molecule has 0 radical (unpaired) electrons. The molecule has 2 atom stereocenters. The highest BCUT2D eigenvalue weighted by atomic mass is 35.5. The minimum Gasteiger partial charge on any atom is -0.316 e. The highest BCUT2D eigenvalue weighted by Gasteiger charge is 2.33. The number of benzene rings is 1. The van der Waals surface area contributed by atoms with Gasteiger partial charge in [-0.2, -0.15) is 0 Å². The van der Waals surface area contributed by atoms with Crippen molar-refractivity contribution in [2.75, 3.05) is 13.1 Å². The largest absolute Gasteiger partial charge is 0.316 e. The van der Waals surface area contributed by atoms with Crippen LogP contribution in [0.5, 0.6) is 0 Å². The van der Waals surface area contributed by atoms with Crippen LogP contribution in [0.4, 0.5) is 0 Å². The third kappa shape index (κ3) is 1.44. The van der Waals surface area contributed by atoms with Crippen molar-refractivity contribution in [3.63, 3.8) is 0 Å². The molecule has 2 aliphatic rings. The van der Waals surface area contributed by atoms with Gasteiger partial charge in [-0.15, -0.1) is 12.4 Å². The van der Waals surface area contributed by atoms with Crippen LogP contribution in [0.1, 0.15) is 29.4 Å². The van der Waals surface area contributed by atoms with E-state index in [0.717, 1.165) is 24.0 Å². The van der Waals surface area contributed by atoms with E-state index < -0.39 is 0 Å². The summed E-state index contributed by atoms with van der Waals surface area (Å²) in [4.78, 5) is 0. The van der Waals surface area contributed by atoms with Crippen molar-refractivity contribution >= 4 is 24.0 Å². The monoisotopic (exact) mass is 229 g/mol. The summed E-state index contributed by atoms with van der Waals surface area (Å²) >= 11 is 5.99. The van der Waals surface area contributed by atoms with Gasteiger partial charge in [0.15, 0.2) is 0 Å². The summed E-state index contributed by atoms with van der Waals surface area (Å²) in [7, 11) is 0. The third-order valence-corrected chi connectivity index (χ3v) is 3.51. The second kappa shape index (κ2) is 3.73. The maximum absolute atomic E-state index is 5.99. The molecule has 1 saturated heterocycles. The van der Waals surface area contributed by atoms with Crippen LogP contribution in [-0.4, -0.2) is 13.1 Å². The summed E-state index contributed by atoms with van der Waals surface area (Å²) in [6.07, 6.45) is 1.32. The smallest absolute Gasteiger partial charge is 0.0409 e. The van der Waals surface area contributed by atoms with Crippen LogP contribution >= 0.6 is 24.0 Å². The summed E-state index contributed by atoms with van der Waals surface area (Å²) in [6, 6.07) is 6.37. The predicted molar refractivity (Wildman–Crippen MR) is 61.7 cm³/mol. The van der Waals surface area contributed by atoms with E-state index in [1.807, 2.05) is 6.07 Å². The van der Waals surface area contributed by atoms with Crippen LogP contribution in [0.3, 0.4) is 0 Å². The molecule has 1 aromatic carbocycles. The van der Waals surface area contributed by atoms with E-state index in [1.165, 1.54) is 17.5 Å². The molecule has 1 aromatic rings. The van der Waals surface area contributed by atoms with E-state index in [9.17, 15) is 0 Å². The molecule has 1 nitrogen and oxygen atoms in total. The highest BCUT2D eigenvalue weighted by molar-refractivity contribution is 6.30. The average molecular weight is 230 g/mol.